The Bertz CT molecular complexity index is 1320. The van der Waals surface area contributed by atoms with Crippen LogP contribution in [0.25, 0.3) is 6.08 Å². The Balaban J connectivity index is 1.30. The van der Waals surface area contributed by atoms with Crippen LogP contribution in [0.5, 0.6) is 17.2 Å². The monoisotopic (exact) mass is 592 g/mol. The van der Waals surface area contributed by atoms with Gasteiger partial charge in [-0.2, -0.15) is 15.1 Å². The zero-order valence-corrected chi connectivity index (χ0v) is 25.5. The van der Waals surface area contributed by atoms with Crippen molar-refractivity contribution in [3.63, 3.8) is 0 Å². The molecule has 9 nitrogen and oxygen atoms in total. The van der Waals surface area contributed by atoms with Gasteiger partial charge in [0, 0.05) is 0 Å². The number of hydrogen-bond acceptors (Lipinski definition) is 8. The first-order chi connectivity index (χ1) is 20.5. The van der Waals surface area contributed by atoms with Crippen molar-refractivity contribution < 1.29 is 23.7 Å². The van der Waals surface area contributed by atoms with Gasteiger partial charge in [0.2, 0.25) is 5.17 Å². The molecule has 1 amide bonds. The van der Waals surface area contributed by atoms with Crippen molar-refractivity contribution in [2.45, 2.75) is 59.3 Å². The molecule has 0 spiro atoms. The van der Waals surface area contributed by atoms with Crippen molar-refractivity contribution in [2.24, 2.45) is 10.1 Å². The number of carbonyl (C=O) groups excluding carboxylic acids is 1. The predicted molar refractivity (Wildman–Crippen MR) is 169 cm³/mol. The number of unbranched alkanes of at least 4 members (excludes halogenated alkanes) is 4. The fraction of sp³-hybridized carbons (Fsp3) is 0.438. The molecule has 2 heterocycles. The Morgan fingerprint density at radius 2 is 1.67 bits per heavy atom. The summed E-state index contributed by atoms with van der Waals surface area (Å²) >= 11 is 1.38. The van der Waals surface area contributed by atoms with E-state index in [4.69, 9.17) is 24.4 Å². The number of aryl methyl sites for hydroxylation is 1. The van der Waals surface area contributed by atoms with Crippen LogP contribution in [0.2, 0.25) is 0 Å². The Hall–Kier alpha value is -3.63. The smallest absolute Gasteiger partial charge is 0.283 e. The zero-order chi connectivity index (χ0) is 29.7. The highest BCUT2D eigenvalue weighted by molar-refractivity contribution is 8.26. The number of amides is 1. The normalized spacial score (nSPS) is 15.5. The van der Waals surface area contributed by atoms with E-state index in [9.17, 15) is 4.79 Å². The summed E-state index contributed by atoms with van der Waals surface area (Å²) < 4.78 is 23.0. The maximum atomic E-state index is 12.8. The third kappa shape index (κ3) is 8.93. The SMILES string of the molecule is CCCCCCCC1=NN2C(=N)/C(=C/c3ccc(OCCOCCOc4ccc(C)cc4)c(OCC)c3)C(=O)N=C2S1. The van der Waals surface area contributed by atoms with Gasteiger partial charge in [0.1, 0.15) is 24.0 Å². The molecular formula is C32H40N4O5S. The molecule has 0 aromatic heterocycles. The van der Waals surface area contributed by atoms with Crippen molar-refractivity contribution in [3.8, 4) is 17.2 Å². The summed E-state index contributed by atoms with van der Waals surface area (Å²) in [6.45, 7) is 8.23. The van der Waals surface area contributed by atoms with Crippen molar-refractivity contribution in [3.05, 3.63) is 59.2 Å². The maximum absolute atomic E-state index is 12.8. The number of fused-ring (bicyclic) bond motifs is 1. The van der Waals surface area contributed by atoms with Gasteiger partial charge in [-0.05, 0) is 74.4 Å². The molecule has 0 bridgehead atoms. The van der Waals surface area contributed by atoms with Crippen molar-refractivity contribution >= 4 is 39.8 Å². The topological polar surface area (TPSA) is 106 Å². The zero-order valence-electron chi connectivity index (χ0n) is 24.7. The van der Waals surface area contributed by atoms with E-state index in [1.807, 2.05) is 44.2 Å². The van der Waals surface area contributed by atoms with Gasteiger partial charge in [-0.1, -0.05) is 56.4 Å². The number of rotatable bonds is 17. The molecular weight excluding hydrogens is 552 g/mol. The average molecular weight is 593 g/mol. The average Bonchev–Trinajstić information content (AvgIpc) is 3.39. The fourth-order valence-corrected chi connectivity index (χ4v) is 5.27. The number of hydrogen-bond donors (Lipinski definition) is 1. The Kier molecular flexibility index (Phi) is 12.0. The summed E-state index contributed by atoms with van der Waals surface area (Å²) in [4.78, 5) is 17.1. The van der Waals surface area contributed by atoms with Gasteiger partial charge in [0.15, 0.2) is 17.3 Å². The van der Waals surface area contributed by atoms with Gasteiger partial charge in [-0.3, -0.25) is 10.2 Å². The molecule has 0 atom stereocenters. The van der Waals surface area contributed by atoms with Gasteiger partial charge in [0.25, 0.3) is 5.91 Å². The largest absolute Gasteiger partial charge is 0.491 e. The minimum absolute atomic E-state index is 0.0280. The summed E-state index contributed by atoms with van der Waals surface area (Å²) in [5.41, 5.74) is 2.08. The van der Waals surface area contributed by atoms with E-state index >= 15 is 0 Å². The van der Waals surface area contributed by atoms with Gasteiger partial charge in [-0.15, -0.1) is 0 Å². The Morgan fingerprint density at radius 3 is 2.43 bits per heavy atom. The Labute approximate surface area is 252 Å². The van der Waals surface area contributed by atoms with Gasteiger partial charge in [-0.25, -0.2) is 0 Å². The van der Waals surface area contributed by atoms with Crippen LogP contribution in [0.3, 0.4) is 0 Å². The van der Waals surface area contributed by atoms with Gasteiger partial charge in [0.05, 0.1) is 25.4 Å². The molecule has 0 aliphatic carbocycles. The molecule has 0 unspecified atom stereocenters. The molecule has 224 valence electrons. The van der Waals surface area contributed by atoms with E-state index in [0.717, 1.165) is 30.1 Å². The van der Waals surface area contributed by atoms with E-state index in [1.54, 1.807) is 18.2 Å². The van der Waals surface area contributed by atoms with Crippen molar-refractivity contribution in [1.82, 2.24) is 5.01 Å². The van der Waals surface area contributed by atoms with E-state index in [2.05, 4.69) is 17.0 Å². The molecule has 42 heavy (non-hydrogen) atoms. The van der Waals surface area contributed by atoms with Crippen LogP contribution >= 0.6 is 11.8 Å². The minimum atomic E-state index is -0.445. The summed E-state index contributed by atoms with van der Waals surface area (Å²) in [6.07, 6.45) is 8.33. The molecule has 4 rings (SSSR count). The molecule has 0 fully saturated rings. The number of benzene rings is 2. The number of nitrogens with one attached hydrogen (secondary N) is 1. The standard InChI is InChI=1S/C32H40N4O5S/c1-4-6-7-8-9-10-29-35-36-30(33)26(31(37)34-32(36)42-29)21-24-13-16-27(28(22-24)39-5-2)41-20-18-38-17-19-40-25-14-11-23(3)12-15-25/h11-16,21-22,33H,4-10,17-20H2,1-3H3/b26-21-,33-30?. The third-order valence-electron chi connectivity index (χ3n) is 6.57. The molecule has 2 aromatic carbocycles. The first-order valence-electron chi connectivity index (χ1n) is 14.6. The van der Waals surface area contributed by atoms with E-state index in [0.29, 0.717) is 55.3 Å². The van der Waals surface area contributed by atoms with Crippen LogP contribution < -0.4 is 14.2 Å². The number of hydrazone groups is 1. The number of ether oxygens (including phenoxy) is 4. The van der Waals surface area contributed by atoms with Crippen LogP contribution in [0.4, 0.5) is 0 Å². The highest BCUT2D eigenvalue weighted by Crippen LogP contribution is 2.32. The lowest BCUT2D eigenvalue weighted by Gasteiger charge is -2.20. The third-order valence-corrected chi connectivity index (χ3v) is 7.54. The van der Waals surface area contributed by atoms with Crippen LogP contribution in [0.1, 0.15) is 63.5 Å². The molecule has 10 heteroatoms. The van der Waals surface area contributed by atoms with Crippen LogP contribution in [-0.2, 0) is 9.53 Å². The number of amidine groups is 2. The highest BCUT2D eigenvalue weighted by atomic mass is 32.2. The second kappa shape index (κ2) is 16.1. The van der Waals surface area contributed by atoms with Crippen LogP contribution in [0, 0.1) is 12.3 Å². The number of aliphatic imine (C=N–C) groups is 1. The van der Waals surface area contributed by atoms with E-state index < -0.39 is 5.91 Å². The second-order valence-corrected chi connectivity index (χ2v) is 11.0. The molecule has 1 N–H and O–H groups in total. The number of carbonyl (C=O) groups is 1. The van der Waals surface area contributed by atoms with Gasteiger partial charge < -0.3 is 18.9 Å². The number of thioether (sulfide) groups is 1. The van der Waals surface area contributed by atoms with Crippen molar-refractivity contribution in [2.75, 3.05) is 33.0 Å². The lowest BCUT2D eigenvalue weighted by Crippen LogP contribution is -2.35. The molecule has 0 radical (unpaired) electrons. The molecule has 0 saturated carbocycles. The first-order valence-corrected chi connectivity index (χ1v) is 15.5. The fourth-order valence-electron chi connectivity index (χ4n) is 4.35. The molecule has 2 aliphatic heterocycles. The Morgan fingerprint density at radius 1 is 0.905 bits per heavy atom. The second-order valence-electron chi connectivity index (χ2n) is 9.94. The molecule has 2 aliphatic rings. The van der Waals surface area contributed by atoms with Crippen LogP contribution in [0.15, 0.2) is 58.1 Å². The molecule has 2 aromatic rings. The molecule has 0 saturated heterocycles. The maximum Gasteiger partial charge on any atom is 0.283 e. The van der Waals surface area contributed by atoms with E-state index in [-0.39, 0.29) is 11.4 Å². The van der Waals surface area contributed by atoms with Crippen molar-refractivity contribution in [1.29, 1.82) is 5.41 Å². The first kappa shape index (κ1) is 31.3. The van der Waals surface area contributed by atoms with E-state index in [1.165, 1.54) is 41.6 Å². The number of nitrogens with zero attached hydrogens (tertiary/aromatic N) is 3. The summed E-state index contributed by atoms with van der Waals surface area (Å²) in [6, 6.07) is 13.3. The minimum Gasteiger partial charge on any atom is -0.491 e. The summed E-state index contributed by atoms with van der Waals surface area (Å²) in [5, 5.41) is 16.0. The summed E-state index contributed by atoms with van der Waals surface area (Å²) in [7, 11) is 0. The predicted octanol–water partition coefficient (Wildman–Crippen LogP) is 6.85. The highest BCUT2D eigenvalue weighted by Gasteiger charge is 2.35. The quantitative estimate of drug-likeness (QED) is 0.158. The lowest BCUT2D eigenvalue weighted by molar-refractivity contribution is -0.114. The lowest BCUT2D eigenvalue weighted by atomic mass is 10.1. The van der Waals surface area contributed by atoms with Gasteiger partial charge >= 0.3 is 0 Å². The van der Waals surface area contributed by atoms with Crippen LogP contribution in [-0.4, -0.2) is 60.0 Å². The summed E-state index contributed by atoms with van der Waals surface area (Å²) in [5.74, 6) is 1.53.